The minimum absolute atomic E-state index is 0.457. The second kappa shape index (κ2) is 10.9. The lowest BCUT2D eigenvalue weighted by atomic mass is 9.66. The van der Waals surface area contributed by atoms with Gasteiger partial charge in [0, 0.05) is 22.5 Å². The van der Waals surface area contributed by atoms with Crippen LogP contribution in [-0.4, -0.2) is 0 Å². The first-order chi connectivity index (χ1) is 25.8. The van der Waals surface area contributed by atoms with Crippen molar-refractivity contribution in [3.63, 3.8) is 0 Å². The Morgan fingerprint density at radius 1 is 0.308 bits per heavy atom. The van der Waals surface area contributed by atoms with Gasteiger partial charge in [-0.25, -0.2) is 0 Å². The molecular weight excluding hydrogens is 631 g/mol. The van der Waals surface area contributed by atoms with Gasteiger partial charge in [-0.05, 0) is 92.0 Å². The molecule has 2 aliphatic carbocycles. The Labute approximate surface area is 303 Å². The van der Waals surface area contributed by atoms with Crippen molar-refractivity contribution in [3.05, 3.63) is 239 Å². The van der Waals surface area contributed by atoms with Crippen LogP contribution in [0.4, 0.5) is 11.4 Å². The van der Waals surface area contributed by atoms with Crippen LogP contribution in [0.3, 0.4) is 0 Å². The fourth-order valence-electron chi connectivity index (χ4n) is 9.62. The fourth-order valence-corrected chi connectivity index (χ4v) is 9.62. The van der Waals surface area contributed by atoms with Crippen molar-refractivity contribution >= 4 is 11.4 Å². The molecule has 3 aliphatic rings. The Hall–Kier alpha value is -6.64. The number of anilines is 2. The van der Waals surface area contributed by atoms with E-state index in [1.54, 1.807) is 0 Å². The molecule has 0 fully saturated rings. The van der Waals surface area contributed by atoms with Gasteiger partial charge in [0.05, 0.1) is 10.8 Å². The molecule has 8 aromatic rings. The molecule has 2 nitrogen and oxygen atoms in total. The highest BCUT2D eigenvalue weighted by atomic mass is 16.5. The first kappa shape index (κ1) is 29.1. The maximum Gasteiger partial charge on any atom is 0.132 e. The standard InChI is InChI=1S/C50H33NO/c1-3-15-33(16-4-1)49(34-17-5-2-6-18-34)41-22-10-7-21-39(41)40-29-27-35(31-45(40)49)51-36-28-30-48-46(32-36)50(44-25-13-14-26-47(44)52-48)42-23-11-8-19-37(42)38-20-9-12-24-43(38)50/h1-32,51H. The first-order valence-electron chi connectivity index (χ1n) is 18.0. The molecule has 0 radical (unpaired) electrons. The fraction of sp³-hybridized carbons (Fsp3) is 0.0400. The first-order valence-corrected chi connectivity index (χ1v) is 18.0. The molecule has 1 N–H and O–H groups in total. The van der Waals surface area contributed by atoms with E-state index in [2.05, 4.69) is 199 Å². The van der Waals surface area contributed by atoms with Crippen molar-refractivity contribution in [1.82, 2.24) is 0 Å². The predicted molar refractivity (Wildman–Crippen MR) is 211 cm³/mol. The molecule has 0 saturated heterocycles. The highest BCUT2D eigenvalue weighted by Crippen LogP contribution is 2.62. The van der Waals surface area contributed by atoms with Gasteiger partial charge >= 0.3 is 0 Å². The van der Waals surface area contributed by atoms with E-state index in [9.17, 15) is 0 Å². The summed E-state index contributed by atoms with van der Waals surface area (Å²) < 4.78 is 6.69. The zero-order chi connectivity index (χ0) is 34.3. The van der Waals surface area contributed by atoms with Crippen LogP contribution in [0.2, 0.25) is 0 Å². The predicted octanol–water partition coefficient (Wildman–Crippen LogP) is 12.3. The Kier molecular flexibility index (Phi) is 6.12. The summed E-state index contributed by atoms with van der Waals surface area (Å²) in [6.45, 7) is 0. The van der Waals surface area contributed by atoms with Crippen LogP contribution < -0.4 is 10.1 Å². The number of hydrogen-bond acceptors (Lipinski definition) is 2. The van der Waals surface area contributed by atoms with E-state index in [4.69, 9.17) is 4.74 Å². The van der Waals surface area contributed by atoms with Crippen LogP contribution in [0, 0.1) is 0 Å². The van der Waals surface area contributed by atoms with Crippen LogP contribution in [-0.2, 0) is 10.8 Å². The lowest BCUT2D eigenvalue weighted by Crippen LogP contribution is -2.32. The van der Waals surface area contributed by atoms with E-state index < -0.39 is 10.8 Å². The number of fused-ring (bicyclic) bond motifs is 12. The van der Waals surface area contributed by atoms with Gasteiger partial charge in [-0.1, -0.05) is 158 Å². The molecule has 52 heavy (non-hydrogen) atoms. The number of para-hydroxylation sites is 1. The normalized spacial score (nSPS) is 14.6. The lowest BCUT2D eigenvalue weighted by molar-refractivity contribution is 0.436. The monoisotopic (exact) mass is 663 g/mol. The number of ether oxygens (including phenoxy) is 1. The SMILES string of the molecule is c1ccc(C2(c3ccccc3)c3ccccc3-c3ccc(Nc4ccc5c(c4)C4(c6ccccc6O5)c5ccccc5-c5ccccc54)cc32)cc1. The van der Waals surface area contributed by atoms with Gasteiger partial charge in [0.25, 0.3) is 0 Å². The minimum Gasteiger partial charge on any atom is -0.457 e. The van der Waals surface area contributed by atoms with E-state index in [1.165, 1.54) is 61.2 Å². The molecule has 0 atom stereocenters. The molecule has 1 aliphatic heterocycles. The lowest BCUT2D eigenvalue weighted by Gasteiger charge is -2.39. The zero-order valence-electron chi connectivity index (χ0n) is 28.4. The number of rotatable bonds is 4. The third kappa shape index (κ3) is 3.79. The minimum atomic E-state index is -0.510. The van der Waals surface area contributed by atoms with Crippen molar-refractivity contribution in [3.8, 4) is 33.8 Å². The zero-order valence-corrected chi connectivity index (χ0v) is 28.4. The van der Waals surface area contributed by atoms with Crippen molar-refractivity contribution in [2.45, 2.75) is 10.8 Å². The molecule has 1 heterocycles. The Balaban J connectivity index is 1.10. The van der Waals surface area contributed by atoms with Crippen molar-refractivity contribution in [1.29, 1.82) is 0 Å². The second-order valence-electron chi connectivity index (χ2n) is 14.1. The Morgan fingerprint density at radius 2 is 0.731 bits per heavy atom. The van der Waals surface area contributed by atoms with Crippen molar-refractivity contribution in [2.24, 2.45) is 0 Å². The van der Waals surface area contributed by atoms with Gasteiger partial charge in [0.15, 0.2) is 0 Å². The molecule has 8 aromatic carbocycles. The Bertz CT molecular complexity index is 2610. The number of benzene rings is 8. The van der Waals surface area contributed by atoms with Gasteiger partial charge in [-0.2, -0.15) is 0 Å². The summed E-state index contributed by atoms with van der Waals surface area (Å²) in [7, 11) is 0. The van der Waals surface area contributed by atoms with E-state index in [0.29, 0.717) is 0 Å². The van der Waals surface area contributed by atoms with Crippen LogP contribution >= 0.6 is 0 Å². The van der Waals surface area contributed by atoms with Gasteiger partial charge < -0.3 is 10.1 Å². The molecule has 11 rings (SSSR count). The van der Waals surface area contributed by atoms with Crippen molar-refractivity contribution < 1.29 is 4.74 Å². The van der Waals surface area contributed by atoms with E-state index >= 15 is 0 Å². The molecule has 1 spiro atoms. The van der Waals surface area contributed by atoms with Gasteiger partial charge in [-0.15, -0.1) is 0 Å². The average Bonchev–Trinajstić information content (AvgIpc) is 3.67. The molecular formula is C50H33NO. The topological polar surface area (TPSA) is 21.3 Å². The maximum atomic E-state index is 6.69. The molecule has 0 aromatic heterocycles. The van der Waals surface area contributed by atoms with Crippen LogP contribution in [0.1, 0.15) is 44.5 Å². The smallest absolute Gasteiger partial charge is 0.132 e. The highest BCUT2D eigenvalue weighted by molar-refractivity contribution is 5.90. The van der Waals surface area contributed by atoms with Crippen LogP contribution in [0.25, 0.3) is 22.3 Å². The summed E-state index contributed by atoms with van der Waals surface area (Å²) in [6, 6.07) is 70.6. The third-order valence-corrected chi connectivity index (χ3v) is 11.6. The maximum absolute atomic E-state index is 6.69. The summed E-state index contributed by atoms with van der Waals surface area (Å²) >= 11 is 0. The number of hydrogen-bond donors (Lipinski definition) is 1. The summed E-state index contributed by atoms with van der Waals surface area (Å²) in [6.07, 6.45) is 0. The number of nitrogens with one attached hydrogen (secondary N) is 1. The molecule has 0 bridgehead atoms. The van der Waals surface area contributed by atoms with Gasteiger partial charge in [-0.3, -0.25) is 0 Å². The second-order valence-corrected chi connectivity index (χ2v) is 14.1. The molecule has 0 amide bonds. The van der Waals surface area contributed by atoms with E-state index in [1.807, 2.05) is 0 Å². The van der Waals surface area contributed by atoms with Crippen LogP contribution in [0.15, 0.2) is 194 Å². The van der Waals surface area contributed by atoms with Gasteiger partial charge in [0.2, 0.25) is 0 Å². The molecule has 2 heteroatoms. The molecule has 0 saturated carbocycles. The quantitative estimate of drug-likeness (QED) is 0.202. The van der Waals surface area contributed by atoms with Crippen LogP contribution in [0.5, 0.6) is 11.5 Å². The summed E-state index contributed by atoms with van der Waals surface area (Å²) in [5, 5.41) is 3.87. The van der Waals surface area contributed by atoms with Crippen molar-refractivity contribution in [2.75, 3.05) is 5.32 Å². The van der Waals surface area contributed by atoms with Gasteiger partial charge in [0.1, 0.15) is 11.5 Å². The van der Waals surface area contributed by atoms with E-state index in [-0.39, 0.29) is 0 Å². The molecule has 244 valence electrons. The highest BCUT2D eigenvalue weighted by Gasteiger charge is 2.51. The van der Waals surface area contributed by atoms with E-state index in [0.717, 1.165) is 28.4 Å². The molecule has 0 unspecified atom stereocenters. The largest absolute Gasteiger partial charge is 0.457 e. The summed E-state index contributed by atoms with van der Waals surface area (Å²) in [5.41, 5.74) is 16.2. The third-order valence-electron chi connectivity index (χ3n) is 11.6. The summed E-state index contributed by atoms with van der Waals surface area (Å²) in [4.78, 5) is 0. The average molecular weight is 664 g/mol. The summed E-state index contributed by atoms with van der Waals surface area (Å²) in [5.74, 6) is 1.78. The Morgan fingerprint density at radius 3 is 1.33 bits per heavy atom.